The molecule has 0 saturated carbocycles. The Bertz CT molecular complexity index is 374. The summed E-state index contributed by atoms with van der Waals surface area (Å²) in [5.74, 6) is -0.951. The Kier molecular flexibility index (Phi) is 3.13. The summed E-state index contributed by atoms with van der Waals surface area (Å²) in [5, 5.41) is 0. The Balaban J connectivity index is 3.47. The van der Waals surface area contributed by atoms with Crippen molar-refractivity contribution < 1.29 is 14.0 Å². The molecule has 13 heavy (non-hydrogen) atoms. The van der Waals surface area contributed by atoms with Crippen LogP contribution in [0.2, 0.25) is 0 Å². The summed E-state index contributed by atoms with van der Waals surface area (Å²) in [6, 6.07) is 2.49. The van der Waals surface area contributed by atoms with Gasteiger partial charge in [-0.05, 0) is 41.6 Å². The Morgan fingerprint density at radius 3 is 2.62 bits per heavy atom. The second-order valence-corrected chi connectivity index (χ2v) is 3.58. The molecule has 0 radical (unpaired) electrons. The molecule has 0 amide bonds. The Labute approximate surface area is 88.3 Å². The lowest BCUT2D eigenvalue weighted by atomic mass is 10.1. The minimum Gasteiger partial charge on any atom is -0.298 e. The predicted octanol–water partition coefficient (Wildman–Crippen LogP) is 2.45. The van der Waals surface area contributed by atoms with Crippen LogP contribution in [0.4, 0.5) is 4.39 Å². The zero-order valence-corrected chi connectivity index (χ0v) is 8.96. The van der Waals surface area contributed by atoms with E-state index < -0.39 is 5.82 Å². The second-order valence-electron chi connectivity index (χ2n) is 2.50. The maximum Gasteiger partial charge on any atom is 0.163 e. The number of hydrogen-bond donors (Lipinski definition) is 0. The fourth-order valence-electron chi connectivity index (χ4n) is 0.982. The maximum absolute atomic E-state index is 13.1. The van der Waals surface area contributed by atoms with Crippen molar-refractivity contribution in [3.8, 4) is 0 Å². The Morgan fingerprint density at radius 2 is 2.15 bits per heavy atom. The monoisotopic (exact) mass is 292 g/mol. The van der Waals surface area contributed by atoms with E-state index in [0.717, 1.165) is 6.07 Å². The third-order valence-electron chi connectivity index (χ3n) is 1.60. The molecule has 0 aliphatic heterocycles. The smallest absolute Gasteiger partial charge is 0.163 e. The predicted molar refractivity (Wildman–Crippen MR) is 54.5 cm³/mol. The van der Waals surface area contributed by atoms with Crippen LogP contribution in [0.1, 0.15) is 27.6 Å². The first kappa shape index (κ1) is 10.3. The van der Waals surface area contributed by atoms with Crippen LogP contribution < -0.4 is 0 Å². The molecule has 0 aromatic heterocycles. The lowest BCUT2D eigenvalue weighted by Crippen LogP contribution is -2.03. The molecule has 0 bridgehead atoms. The van der Waals surface area contributed by atoms with Crippen LogP contribution in [-0.2, 0) is 0 Å². The number of halogens is 2. The van der Waals surface area contributed by atoms with E-state index in [4.69, 9.17) is 0 Å². The van der Waals surface area contributed by atoms with Crippen molar-refractivity contribution in [1.29, 1.82) is 0 Å². The largest absolute Gasteiger partial charge is 0.298 e. The molecular formula is C9H6FIO2. The fourth-order valence-corrected chi connectivity index (χ4v) is 1.93. The van der Waals surface area contributed by atoms with Gasteiger partial charge >= 0.3 is 0 Å². The number of aldehydes is 1. The lowest BCUT2D eigenvalue weighted by molar-refractivity contribution is 0.101. The highest BCUT2D eigenvalue weighted by Gasteiger charge is 2.14. The molecular weight excluding hydrogens is 286 g/mol. The minimum atomic E-state index is -0.581. The first-order valence-electron chi connectivity index (χ1n) is 3.52. The van der Waals surface area contributed by atoms with Gasteiger partial charge in [0, 0.05) is 9.13 Å². The van der Waals surface area contributed by atoms with Crippen LogP contribution in [0.25, 0.3) is 0 Å². The van der Waals surface area contributed by atoms with Crippen LogP contribution in [0, 0.1) is 9.39 Å². The van der Waals surface area contributed by atoms with Crippen LogP contribution in [0.3, 0.4) is 0 Å². The van der Waals surface area contributed by atoms with Gasteiger partial charge in [0.05, 0.1) is 5.56 Å². The SMILES string of the molecule is CC(=O)c1c(F)ccc(C=O)c1I. The van der Waals surface area contributed by atoms with Crippen molar-refractivity contribution in [1.82, 2.24) is 0 Å². The maximum atomic E-state index is 13.1. The first-order chi connectivity index (χ1) is 6.07. The van der Waals surface area contributed by atoms with E-state index in [2.05, 4.69) is 0 Å². The van der Waals surface area contributed by atoms with Gasteiger partial charge in [0.1, 0.15) is 5.82 Å². The first-order valence-corrected chi connectivity index (χ1v) is 4.60. The standard InChI is InChI=1S/C9H6FIO2/c1-5(13)8-7(10)3-2-6(4-12)9(8)11/h2-4H,1H3. The van der Waals surface area contributed by atoms with Gasteiger partial charge in [0.15, 0.2) is 12.1 Å². The molecule has 0 atom stereocenters. The average Bonchev–Trinajstić information content (AvgIpc) is 2.04. The molecule has 0 fully saturated rings. The van der Waals surface area contributed by atoms with Gasteiger partial charge in [-0.2, -0.15) is 0 Å². The highest BCUT2D eigenvalue weighted by Crippen LogP contribution is 2.19. The third kappa shape index (κ3) is 1.93. The molecule has 0 unspecified atom stereocenters. The van der Waals surface area contributed by atoms with Gasteiger partial charge in [-0.1, -0.05) is 0 Å². The van der Waals surface area contributed by atoms with E-state index in [1.807, 2.05) is 0 Å². The lowest BCUT2D eigenvalue weighted by Gasteiger charge is -2.03. The summed E-state index contributed by atoms with van der Waals surface area (Å²) >= 11 is 1.79. The van der Waals surface area contributed by atoms with Gasteiger partial charge < -0.3 is 0 Å². The van der Waals surface area contributed by atoms with Crippen molar-refractivity contribution >= 4 is 34.7 Å². The number of benzene rings is 1. The van der Waals surface area contributed by atoms with E-state index in [0.29, 0.717) is 15.4 Å². The van der Waals surface area contributed by atoms with Gasteiger partial charge in [0.2, 0.25) is 0 Å². The van der Waals surface area contributed by atoms with Crippen LogP contribution in [-0.4, -0.2) is 12.1 Å². The molecule has 0 saturated heterocycles. The van der Waals surface area contributed by atoms with E-state index in [1.54, 1.807) is 22.6 Å². The third-order valence-corrected chi connectivity index (χ3v) is 2.76. The minimum absolute atomic E-state index is 0.00907. The highest BCUT2D eigenvalue weighted by molar-refractivity contribution is 14.1. The molecule has 1 aromatic rings. The molecule has 0 aliphatic rings. The van der Waals surface area contributed by atoms with E-state index in [9.17, 15) is 14.0 Å². The van der Waals surface area contributed by atoms with Crippen LogP contribution in [0.15, 0.2) is 12.1 Å². The molecule has 2 nitrogen and oxygen atoms in total. The summed E-state index contributed by atoms with van der Waals surface area (Å²) in [6.07, 6.45) is 0.605. The molecule has 0 heterocycles. The zero-order valence-electron chi connectivity index (χ0n) is 6.80. The normalized spacial score (nSPS) is 9.77. The van der Waals surface area contributed by atoms with Crippen molar-refractivity contribution in [2.75, 3.05) is 0 Å². The number of ketones is 1. The summed E-state index contributed by atoms with van der Waals surface area (Å²) < 4.78 is 13.5. The molecule has 1 aromatic carbocycles. The number of carbonyl (C=O) groups excluding carboxylic acids is 2. The molecule has 68 valence electrons. The number of rotatable bonds is 2. The number of hydrogen-bond acceptors (Lipinski definition) is 2. The second kappa shape index (κ2) is 3.95. The van der Waals surface area contributed by atoms with Gasteiger partial charge in [0.25, 0.3) is 0 Å². The van der Waals surface area contributed by atoms with Crippen molar-refractivity contribution in [3.63, 3.8) is 0 Å². The van der Waals surface area contributed by atoms with E-state index in [1.165, 1.54) is 13.0 Å². The summed E-state index contributed by atoms with van der Waals surface area (Å²) in [5.41, 5.74) is 0.331. The summed E-state index contributed by atoms with van der Waals surface area (Å²) in [4.78, 5) is 21.5. The van der Waals surface area contributed by atoms with Crippen LogP contribution in [0.5, 0.6) is 0 Å². The zero-order chi connectivity index (χ0) is 10.0. The number of Topliss-reactive ketones (excluding diaryl/α,β-unsaturated/α-hetero) is 1. The molecule has 0 spiro atoms. The fraction of sp³-hybridized carbons (Fsp3) is 0.111. The van der Waals surface area contributed by atoms with Crippen molar-refractivity contribution in [2.24, 2.45) is 0 Å². The number of carbonyl (C=O) groups is 2. The molecule has 0 N–H and O–H groups in total. The molecule has 1 rings (SSSR count). The molecule has 4 heteroatoms. The van der Waals surface area contributed by atoms with Gasteiger partial charge in [-0.3, -0.25) is 9.59 Å². The topological polar surface area (TPSA) is 34.1 Å². The van der Waals surface area contributed by atoms with E-state index >= 15 is 0 Å². The summed E-state index contributed by atoms with van der Waals surface area (Å²) in [7, 11) is 0. The summed E-state index contributed by atoms with van der Waals surface area (Å²) in [6.45, 7) is 1.27. The van der Waals surface area contributed by atoms with Gasteiger partial charge in [-0.15, -0.1) is 0 Å². The van der Waals surface area contributed by atoms with Gasteiger partial charge in [-0.25, -0.2) is 4.39 Å². The average molecular weight is 292 g/mol. The van der Waals surface area contributed by atoms with Crippen LogP contribution >= 0.6 is 22.6 Å². The highest BCUT2D eigenvalue weighted by atomic mass is 127. The Hall–Kier alpha value is -0.780. The quantitative estimate of drug-likeness (QED) is 0.476. The van der Waals surface area contributed by atoms with Crippen molar-refractivity contribution in [2.45, 2.75) is 6.92 Å². The van der Waals surface area contributed by atoms with Crippen molar-refractivity contribution in [3.05, 3.63) is 32.6 Å². The van der Waals surface area contributed by atoms with E-state index in [-0.39, 0.29) is 11.3 Å². The molecule has 0 aliphatic carbocycles. The Morgan fingerprint density at radius 1 is 1.54 bits per heavy atom.